The molecule has 1 aromatic heterocycles. The van der Waals surface area contributed by atoms with Gasteiger partial charge < -0.3 is 9.64 Å². The lowest BCUT2D eigenvalue weighted by Gasteiger charge is -2.31. The lowest BCUT2D eigenvalue weighted by Crippen LogP contribution is -2.39. The average molecular weight is 347 g/mol. The van der Waals surface area contributed by atoms with Crippen molar-refractivity contribution in [3.63, 3.8) is 0 Å². The second-order valence-corrected chi connectivity index (χ2v) is 6.13. The Morgan fingerprint density at radius 3 is 2.48 bits per heavy atom. The number of hydrogen-bond donors (Lipinski definition) is 0. The first kappa shape index (κ1) is 17.3. The topological polar surface area (TPSA) is 55.3 Å². The van der Waals surface area contributed by atoms with Gasteiger partial charge in [0.25, 0.3) is 5.91 Å². The van der Waals surface area contributed by atoms with Gasteiger partial charge in [-0.25, -0.2) is 18.7 Å². The fraction of sp³-hybridized carbons (Fsp3) is 0.389. The molecule has 2 aromatic rings. The third-order valence-electron chi connectivity index (χ3n) is 4.47. The molecule has 0 bridgehead atoms. The molecule has 0 spiro atoms. The average Bonchev–Trinajstić information content (AvgIpc) is 2.65. The van der Waals surface area contributed by atoms with Crippen LogP contribution in [-0.2, 0) is 6.42 Å². The summed E-state index contributed by atoms with van der Waals surface area (Å²) in [4.78, 5) is 22.2. The van der Waals surface area contributed by atoms with Crippen molar-refractivity contribution < 1.29 is 18.3 Å². The molecule has 0 aliphatic carbocycles. The van der Waals surface area contributed by atoms with Gasteiger partial charge in [-0.1, -0.05) is 6.07 Å². The summed E-state index contributed by atoms with van der Waals surface area (Å²) in [5.74, 6) is -0.855. The van der Waals surface area contributed by atoms with Crippen LogP contribution in [0.25, 0.3) is 0 Å². The predicted octanol–water partition coefficient (Wildman–Crippen LogP) is 2.86. The van der Waals surface area contributed by atoms with Crippen molar-refractivity contribution in [2.24, 2.45) is 5.92 Å². The van der Waals surface area contributed by atoms with Crippen LogP contribution in [0, 0.1) is 17.6 Å². The summed E-state index contributed by atoms with van der Waals surface area (Å²) in [6.07, 6.45) is 5.23. The number of benzene rings is 1. The van der Waals surface area contributed by atoms with Crippen molar-refractivity contribution in [3.05, 3.63) is 53.6 Å². The van der Waals surface area contributed by atoms with Gasteiger partial charge in [0.15, 0.2) is 17.4 Å². The standard InChI is InChI=1S/C18H19F2N3O2/c1-25-14-10-21-17(22-11-14)18(24)23-6-4-12(5-7-23)8-13-2-3-15(19)16(20)9-13/h2-3,9-12H,4-8H2,1H3. The monoisotopic (exact) mass is 347 g/mol. The Balaban J connectivity index is 1.55. The summed E-state index contributed by atoms with van der Waals surface area (Å²) < 4.78 is 31.3. The largest absolute Gasteiger partial charge is 0.494 e. The molecule has 0 unspecified atom stereocenters. The third kappa shape index (κ3) is 4.10. The van der Waals surface area contributed by atoms with Crippen molar-refractivity contribution >= 4 is 5.91 Å². The number of amides is 1. The molecular formula is C18H19F2N3O2. The number of nitrogens with zero attached hydrogens (tertiary/aromatic N) is 3. The predicted molar refractivity (Wildman–Crippen MR) is 87.3 cm³/mol. The molecule has 132 valence electrons. The molecule has 1 aromatic carbocycles. The van der Waals surface area contributed by atoms with Gasteiger partial charge >= 0.3 is 0 Å². The first-order valence-electron chi connectivity index (χ1n) is 8.16. The van der Waals surface area contributed by atoms with Crippen LogP contribution in [0.15, 0.2) is 30.6 Å². The van der Waals surface area contributed by atoms with Crippen molar-refractivity contribution in [1.82, 2.24) is 14.9 Å². The zero-order valence-electron chi connectivity index (χ0n) is 13.9. The van der Waals surface area contributed by atoms with E-state index in [0.717, 1.165) is 24.5 Å². The third-order valence-corrected chi connectivity index (χ3v) is 4.47. The van der Waals surface area contributed by atoms with Gasteiger partial charge in [0.2, 0.25) is 5.82 Å². The summed E-state index contributed by atoms with van der Waals surface area (Å²) in [5.41, 5.74) is 0.780. The minimum Gasteiger partial charge on any atom is -0.494 e. The Labute approximate surface area is 144 Å². The Morgan fingerprint density at radius 2 is 1.88 bits per heavy atom. The number of halogens is 2. The van der Waals surface area contributed by atoms with E-state index in [1.54, 1.807) is 11.0 Å². The van der Waals surface area contributed by atoms with E-state index in [4.69, 9.17) is 4.74 Å². The smallest absolute Gasteiger partial charge is 0.291 e. The second-order valence-electron chi connectivity index (χ2n) is 6.13. The van der Waals surface area contributed by atoms with E-state index in [1.807, 2.05) is 0 Å². The maximum atomic E-state index is 13.3. The minimum absolute atomic E-state index is 0.153. The Bertz CT molecular complexity index is 744. The molecule has 0 N–H and O–H groups in total. The lowest BCUT2D eigenvalue weighted by molar-refractivity contribution is 0.0678. The fourth-order valence-corrected chi connectivity index (χ4v) is 3.01. The number of hydrogen-bond acceptors (Lipinski definition) is 4. The second kappa shape index (κ2) is 7.55. The van der Waals surface area contributed by atoms with Gasteiger partial charge in [0.05, 0.1) is 19.5 Å². The van der Waals surface area contributed by atoms with Crippen LogP contribution < -0.4 is 4.74 Å². The van der Waals surface area contributed by atoms with E-state index < -0.39 is 11.6 Å². The zero-order chi connectivity index (χ0) is 17.8. The van der Waals surface area contributed by atoms with Crippen LogP contribution in [0.4, 0.5) is 8.78 Å². The van der Waals surface area contributed by atoms with E-state index in [-0.39, 0.29) is 11.7 Å². The molecule has 0 radical (unpaired) electrons. The van der Waals surface area contributed by atoms with Crippen molar-refractivity contribution in [3.8, 4) is 5.75 Å². The van der Waals surface area contributed by atoms with Crippen molar-refractivity contribution in [2.45, 2.75) is 19.3 Å². The molecule has 1 fully saturated rings. The number of aromatic nitrogens is 2. The highest BCUT2D eigenvalue weighted by atomic mass is 19.2. The van der Waals surface area contributed by atoms with Gasteiger partial charge in [-0.05, 0) is 42.9 Å². The Kier molecular flexibility index (Phi) is 5.21. The summed E-state index contributed by atoms with van der Waals surface area (Å²) in [6, 6.07) is 4.02. The van der Waals surface area contributed by atoms with Crippen molar-refractivity contribution in [1.29, 1.82) is 0 Å². The Morgan fingerprint density at radius 1 is 1.20 bits per heavy atom. The van der Waals surface area contributed by atoms with Gasteiger partial charge in [-0.15, -0.1) is 0 Å². The van der Waals surface area contributed by atoms with Crippen molar-refractivity contribution in [2.75, 3.05) is 20.2 Å². The van der Waals surface area contributed by atoms with Gasteiger partial charge in [0, 0.05) is 13.1 Å². The first-order valence-corrected chi connectivity index (χ1v) is 8.16. The van der Waals surface area contributed by atoms with Gasteiger partial charge in [-0.2, -0.15) is 0 Å². The molecule has 1 aliphatic heterocycles. The van der Waals surface area contributed by atoms with E-state index in [1.165, 1.54) is 25.6 Å². The maximum Gasteiger partial charge on any atom is 0.291 e. The molecule has 7 heteroatoms. The summed E-state index contributed by atoms with van der Waals surface area (Å²) in [6.45, 7) is 1.20. The number of carbonyl (C=O) groups excluding carboxylic acids is 1. The van der Waals surface area contributed by atoms with Crippen LogP contribution in [0.2, 0.25) is 0 Å². The number of piperidine rings is 1. The van der Waals surface area contributed by atoms with E-state index >= 15 is 0 Å². The van der Waals surface area contributed by atoms with Crippen LogP contribution >= 0.6 is 0 Å². The summed E-state index contributed by atoms with van der Waals surface area (Å²) in [5, 5.41) is 0. The summed E-state index contributed by atoms with van der Waals surface area (Å²) in [7, 11) is 1.51. The molecule has 0 saturated carbocycles. The molecule has 1 amide bonds. The van der Waals surface area contributed by atoms with E-state index in [0.29, 0.717) is 31.2 Å². The SMILES string of the molecule is COc1cnc(C(=O)N2CCC(Cc3ccc(F)c(F)c3)CC2)nc1. The zero-order valence-corrected chi connectivity index (χ0v) is 13.9. The fourth-order valence-electron chi connectivity index (χ4n) is 3.01. The molecule has 5 nitrogen and oxygen atoms in total. The highest BCUT2D eigenvalue weighted by molar-refractivity contribution is 5.90. The number of likely N-dealkylation sites (tertiary alicyclic amines) is 1. The molecule has 1 aliphatic rings. The highest BCUT2D eigenvalue weighted by Gasteiger charge is 2.25. The van der Waals surface area contributed by atoms with Crippen LogP contribution in [-0.4, -0.2) is 41.0 Å². The summed E-state index contributed by atoms with van der Waals surface area (Å²) >= 11 is 0. The Hall–Kier alpha value is -2.57. The van der Waals surface area contributed by atoms with Gasteiger partial charge in [0.1, 0.15) is 0 Å². The minimum atomic E-state index is -0.830. The number of carbonyl (C=O) groups is 1. The van der Waals surface area contributed by atoms with Crippen LogP contribution in [0.3, 0.4) is 0 Å². The van der Waals surface area contributed by atoms with Crippen LogP contribution in [0.1, 0.15) is 29.0 Å². The molecule has 0 atom stereocenters. The van der Waals surface area contributed by atoms with Crippen LogP contribution in [0.5, 0.6) is 5.75 Å². The number of methoxy groups -OCH3 is 1. The highest BCUT2D eigenvalue weighted by Crippen LogP contribution is 2.23. The lowest BCUT2D eigenvalue weighted by atomic mass is 9.90. The quantitative estimate of drug-likeness (QED) is 0.853. The molecular weight excluding hydrogens is 328 g/mol. The number of ether oxygens (including phenoxy) is 1. The molecule has 2 heterocycles. The number of rotatable bonds is 4. The first-order chi connectivity index (χ1) is 12.1. The molecule has 3 rings (SSSR count). The normalized spacial score (nSPS) is 15.2. The maximum absolute atomic E-state index is 13.3. The van der Waals surface area contributed by atoms with Gasteiger partial charge in [-0.3, -0.25) is 4.79 Å². The van der Waals surface area contributed by atoms with E-state index in [2.05, 4.69) is 9.97 Å². The molecule has 25 heavy (non-hydrogen) atoms. The van der Waals surface area contributed by atoms with E-state index in [9.17, 15) is 13.6 Å². The molecule has 1 saturated heterocycles.